The van der Waals surface area contributed by atoms with Crippen molar-refractivity contribution in [2.24, 2.45) is 0 Å². The van der Waals surface area contributed by atoms with Crippen LogP contribution in [0.2, 0.25) is 0 Å². The quantitative estimate of drug-likeness (QED) is 0.654. The fourth-order valence-electron chi connectivity index (χ4n) is 4.72. The number of nitrogens with two attached hydrogens (primary N) is 1. The van der Waals surface area contributed by atoms with Gasteiger partial charge < -0.3 is 20.3 Å². The molecule has 0 saturated carbocycles. The SMILES string of the molecule is CC(C)S(=O)(=O)N1CC[C@H](N2CCc3c(-c4cnc(N)nc4)nc(N4CCOCC4)nc32)C1. The van der Waals surface area contributed by atoms with Gasteiger partial charge in [-0.1, -0.05) is 0 Å². The average Bonchev–Trinajstić information content (AvgIpc) is 3.47. The van der Waals surface area contributed by atoms with E-state index in [1.54, 1.807) is 30.5 Å². The Hall–Kier alpha value is -2.57. The highest BCUT2D eigenvalue weighted by Gasteiger charge is 2.39. The minimum atomic E-state index is -3.27. The monoisotopic (exact) mass is 474 g/mol. The summed E-state index contributed by atoms with van der Waals surface area (Å²) in [6.07, 6.45) is 4.96. The van der Waals surface area contributed by atoms with Gasteiger partial charge in [0.2, 0.25) is 21.9 Å². The molecule has 2 aromatic heterocycles. The standard InChI is InChI=1S/C21H30N8O3S/c1-14(2)33(30,31)28-5-3-16(13-28)29-6-4-17-18(15-11-23-20(22)24-12-15)25-21(26-19(17)29)27-7-9-32-10-8-27/h11-12,14,16H,3-10,13H2,1-2H3,(H2,22,23,24)/t16-/m0/s1. The predicted molar refractivity (Wildman–Crippen MR) is 126 cm³/mol. The summed E-state index contributed by atoms with van der Waals surface area (Å²) in [6, 6.07) is 0.0859. The molecular weight excluding hydrogens is 444 g/mol. The molecule has 0 aliphatic carbocycles. The van der Waals surface area contributed by atoms with Crippen LogP contribution in [0.4, 0.5) is 17.7 Å². The number of nitrogen functional groups attached to an aromatic ring is 1. The number of aromatic nitrogens is 4. The third-order valence-electron chi connectivity index (χ3n) is 6.61. The number of hydrogen-bond acceptors (Lipinski definition) is 10. The minimum Gasteiger partial charge on any atom is -0.378 e. The Labute approximate surface area is 194 Å². The van der Waals surface area contributed by atoms with Gasteiger partial charge in [-0.05, 0) is 26.7 Å². The number of fused-ring (bicyclic) bond motifs is 1. The lowest BCUT2D eigenvalue weighted by atomic mass is 10.1. The summed E-state index contributed by atoms with van der Waals surface area (Å²) in [5, 5.41) is -0.422. The van der Waals surface area contributed by atoms with Gasteiger partial charge in [-0.25, -0.2) is 23.4 Å². The van der Waals surface area contributed by atoms with Crippen LogP contribution in [0, 0.1) is 0 Å². The van der Waals surface area contributed by atoms with Gasteiger partial charge >= 0.3 is 0 Å². The average molecular weight is 475 g/mol. The summed E-state index contributed by atoms with van der Waals surface area (Å²) in [5.41, 5.74) is 8.36. The molecule has 0 spiro atoms. The molecule has 5 rings (SSSR count). The smallest absolute Gasteiger partial charge is 0.228 e. The van der Waals surface area contributed by atoms with E-state index in [2.05, 4.69) is 19.8 Å². The molecule has 2 N–H and O–H groups in total. The summed E-state index contributed by atoms with van der Waals surface area (Å²) >= 11 is 0. The molecule has 2 saturated heterocycles. The van der Waals surface area contributed by atoms with E-state index in [-0.39, 0.29) is 12.0 Å². The Morgan fingerprint density at radius 3 is 2.52 bits per heavy atom. The summed E-state index contributed by atoms with van der Waals surface area (Å²) < 4.78 is 32.5. The first-order valence-electron chi connectivity index (χ1n) is 11.4. The maximum absolute atomic E-state index is 12.7. The summed E-state index contributed by atoms with van der Waals surface area (Å²) in [6.45, 7) is 7.98. The number of ether oxygens (including phenoxy) is 1. The van der Waals surface area contributed by atoms with Crippen LogP contribution in [-0.2, 0) is 21.2 Å². The van der Waals surface area contributed by atoms with Crippen LogP contribution < -0.4 is 15.5 Å². The first-order chi connectivity index (χ1) is 15.8. The van der Waals surface area contributed by atoms with Crippen molar-refractivity contribution in [1.29, 1.82) is 0 Å². The van der Waals surface area contributed by atoms with Crippen LogP contribution in [0.1, 0.15) is 25.8 Å². The Morgan fingerprint density at radius 1 is 1.09 bits per heavy atom. The van der Waals surface area contributed by atoms with E-state index in [9.17, 15) is 8.42 Å². The molecule has 0 aromatic carbocycles. The van der Waals surface area contributed by atoms with Crippen LogP contribution in [0.25, 0.3) is 11.3 Å². The van der Waals surface area contributed by atoms with Crippen LogP contribution in [-0.4, -0.2) is 89.9 Å². The molecule has 11 nitrogen and oxygen atoms in total. The van der Waals surface area contributed by atoms with Crippen molar-refractivity contribution >= 4 is 27.7 Å². The normalized spacial score (nSPS) is 21.7. The largest absolute Gasteiger partial charge is 0.378 e. The third kappa shape index (κ3) is 4.11. The second-order valence-corrected chi connectivity index (χ2v) is 11.4. The van der Waals surface area contributed by atoms with Crippen molar-refractivity contribution in [2.45, 2.75) is 38.0 Å². The maximum atomic E-state index is 12.7. The van der Waals surface area contributed by atoms with Gasteiger partial charge in [0.15, 0.2) is 0 Å². The molecule has 0 unspecified atom stereocenters. The zero-order chi connectivity index (χ0) is 23.2. The second kappa shape index (κ2) is 8.65. The molecule has 3 aliphatic rings. The molecule has 0 radical (unpaired) electrons. The Morgan fingerprint density at radius 2 is 1.82 bits per heavy atom. The van der Waals surface area contributed by atoms with Gasteiger partial charge in [-0.3, -0.25) is 0 Å². The first-order valence-corrected chi connectivity index (χ1v) is 12.9. The first kappa shape index (κ1) is 22.2. The Kier molecular flexibility index (Phi) is 5.83. The topological polar surface area (TPSA) is 131 Å². The van der Waals surface area contributed by atoms with Crippen molar-refractivity contribution in [3.05, 3.63) is 18.0 Å². The fourth-order valence-corrected chi connectivity index (χ4v) is 6.06. The molecule has 2 aromatic rings. The fraction of sp³-hybridized carbons (Fsp3) is 0.619. The third-order valence-corrected chi connectivity index (χ3v) is 8.85. The van der Waals surface area contributed by atoms with Crippen molar-refractivity contribution in [3.63, 3.8) is 0 Å². The van der Waals surface area contributed by atoms with Crippen LogP contribution in [0.5, 0.6) is 0 Å². The highest BCUT2D eigenvalue weighted by Crippen LogP contribution is 2.38. The van der Waals surface area contributed by atoms with Crippen molar-refractivity contribution in [1.82, 2.24) is 24.2 Å². The zero-order valence-corrected chi connectivity index (χ0v) is 19.8. The summed E-state index contributed by atoms with van der Waals surface area (Å²) in [4.78, 5) is 22.6. The molecular formula is C21H30N8O3S. The number of rotatable bonds is 5. The summed E-state index contributed by atoms with van der Waals surface area (Å²) in [7, 11) is -3.27. The van der Waals surface area contributed by atoms with Crippen molar-refractivity contribution < 1.29 is 13.2 Å². The number of morpholine rings is 1. The molecule has 12 heteroatoms. The number of sulfonamides is 1. The van der Waals surface area contributed by atoms with Gasteiger partial charge in [0.25, 0.3) is 0 Å². The number of nitrogens with zero attached hydrogens (tertiary/aromatic N) is 7. The van der Waals surface area contributed by atoms with Gasteiger partial charge in [-0.15, -0.1) is 0 Å². The Bertz CT molecular complexity index is 1120. The molecule has 1 atom stereocenters. The van der Waals surface area contributed by atoms with Gasteiger partial charge in [0.1, 0.15) is 5.82 Å². The van der Waals surface area contributed by atoms with E-state index in [0.717, 1.165) is 55.1 Å². The molecule has 178 valence electrons. The van der Waals surface area contributed by atoms with Crippen molar-refractivity contribution in [3.8, 4) is 11.3 Å². The van der Waals surface area contributed by atoms with E-state index in [4.69, 9.17) is 20.4 Å². The van der Waals surface area contributed by atoms with E-state index < -0.39 is 15.3 Å². The highest BCUT2D eigenvalue weighted by atomic mass is 32.2. The second-order valence-electron chi connectivity index (χ2n) is 8.94. The highest BCUT2D eigenvalue weighted by molar-refractivity contribution is 7.89. The predicted octanol–water partition coefficient (Wildman–Crippen LogP) is 0.527. The molecule has 5 heterocycles. The molecule has 33 heavy (non-hydrogen) atoms. The summed E-state index contributed by atoms with van der Waals surface area (Å²) in [5.74, 6) is 1.75. The van der Waals surface area contributed by atoms with Gasteiger partial charge in [0.05, 0.1) is 24.2 Å². The molecule has 3 aliphatic heterocycles. The van der Waals surface area contributed by atoms with E-state index in [0.29, 0.717) is 32.3 Å². The van der Waals surface area contributed by atoms with Crippen LogP contribution in [0.3, 0.4) is 0 Å². The van der Waals surface area contributed by atoms with Crippen LogP contribution in [0.15, 0.2) is 12.4 Å². The molecule has 2 fully saturated rings. The Balaban J connectivity index is 1.51. The van der Waals surface area contributed by atoms with Gasteiger partial charge in [-0.2, -0.15) is 9.29 Å². The molecule has 0 bridgehead atoms. The zero-order valence-electron chi connectivity index (χ0n) is 19.0. The maximum Gasteiger partial charge on any atom is 0.228 e. The van der Waals surface area contributed by atoms with E-state index >= 15 is 0 Å². The minimum absolute atomic E-state index is 0.0859. The van der Waals surface area contributed by atoms with Gasteiger partial charge in [0, 0.05) is 62.3 Å². The number of anilines is 3. The van der Waals surface area contributed by atoms with E-state index in [1.165, 1.54) is 0 Å². The van der Waals surface area contributed by atoms with Crippen LogP contribution >= 0.6 is 0 Å². The van der Waals surface area contributed by atoms with E-state index in [1.807, 2.05) is 0 Å². The number of hydrogen-bond donors (Lipinski definition) is 1. The lowest BCUT2D eigenvalue weighted by Gasteiger charge is -2.30. The van der Waals surface area contributed by atoms with Crippen molar-refractivity contribution in [2.75, 3.05) is 61.5 Å². The lowest BCUT2D eigenvalue weighted by Crippen LogP contribution is -2.40. The molecule has 0 amide bonds. The lowest BCUT2D eigenvalue weighted by molar-refractivity contribution is 0.122.